The van der Waals surface area contributed by atoms with E-state index < -0.39 is 0 Å². The van der Waals surface area contributed by atoms with Gasteiger partial charge < -0.3 is 15.3 Å². The number of nitrogens with zero attached hydrogens (tertiary/aromatic N) is 1. The van der Waals surface area contributed by atoms with Gasteiger partial charge in [0.1, 0.15) is 0 Å². The van der Waals surface area contributed by atoms with Gasteiger partial charge in [-0.25, -0.2) is 4.79 Å². The molecule has 1 aromatic heterocycles. The fourth-order valence-corrected chi connectivity index (χ4v) is 2.83. The van der Waals surface area contributed by atoms with Crippen molar-refractivity contribution in [3.63, 3.8) is 0 Å². The molecule has 1 unspecified atom stereocenters. The fourth-order valence-electron chi connectivity index (χ4n) is 1.72. The van der Waals surface area contributed by atoms with Crippen LogP contribution in [-0.4, -0.2) is 35.2 Å². The number of rotatable bonds is 7. The minimum atomic E-state index is -0.0718. The van der Waals surface area contributed by atoms with Crippen LogP contribution in [0.3, 0.4) is 0 Å². The van der Waals surface area contributed by atoms with E-state index in [1.54, 1.807) is 4.90 Å². The second-order valence-corrected chi connectivity index (χ2v) is 6.24. The first-order valence-electron chi connectivity index (χ1n) is 6.47. The molecule has 0 aliphatic carbocycles. The van der Waals surface area contributed by atoms with Gasteiger partial charge in [-0.05, 0) is 38.8 Å². The Balaban J connectivity index is 2.47. The van der Waals surface area contributed by atoms with Crippen LogP contribution in [0.2, 0.25) is 4.34 Å². The second kappa shape index (κ2) is 8.40. The monoisotopic (exact) mass is 304 g/mol. The molecular formula is C13H21ClN2O2S. The van der Waals surface area contributed by atoms with Gasteiger partial charge in [-0.15, -0.1) is 11.3 Å². The number of nitrogens with one attached hydrogen (secondary N) is 1. The van der Waals surface area contributed by atoms with Gasteiger partial charge in [-0.2, -0.15) is 0 Å². The van der Waals surface area contributed by atoms with E-state index >= 15 is 0 Å². The number of amides is 2. The summed E-state index contributed by atoms with van der Waals surface area (Å²) in [6, 6.07) is 3.79. The molecule has 4 nitrogen and oxygen atoms in total. The first-order chi connectivity index (χ1) is 9.06. The maximum atomic E-state index is 12.1. The lowest BCUT2D eigenvalue weighted by Crippen LogP contribution is -2.43. The van der Waals surface area contributed by atoms with Gasteiger partial charge in [-0.3, -0.25) is 0 Å². The minimum Gasteiger partial charge on any atom is -0.396 e. The molecule has 0 saturated heterocycles. The molecule has 0 fully saturated rings. The van der Waals surface area contributed by atoms with Crippen molar-refractivity contribution in [3.8, 4) is 0 Å². The first kappa shape index (κ1) is 16.3. The molecule has 6 heteroatoms. The van der Waals surface area contributed by atoms with Crippen molar-refractivity contribution >= 4 is 29.0 Å². The van der Waals surface area contributed by atoms with Crippen molar-refractivity contribution in [1.29, 1.82) is 0 Å². The largest absolute Gasteiger partial charge is 0.396 e. The molecule has 2 amide bonds. The van der Waals surface area contributed by atoms with Gasteiger partial charge in [0.05, 0.1) is 10.9 Å². The van der Waals surface area contributed by atoms with Crippen LogP contribution in [0.25, 0.3) is 0 Å². The van der Waals surface area contributed by atoms with E-state index in [4.69, 9.17) is 16.7 Å². The summed E-state index contributed by atoms with van der Waals surface area (Å²) in [5.41, 5.74) is 0. The van der Waals surface area contributed by atoms with E-state index in [0.717, 1.165) is 15.6 Å². The Kier molecular flexibility index (Phi) is 7.20. The summed E-state index contributed by atoms with van der Waals surface area (Å²) in [5, 5.41) is 11.7. The quantitative estimate of drug-likeness (QED) is 0.813. The van der Waals surface area contributed by atoms with E-state index in [0.29, 0.717) is 19.5 Å². The highest BCUT2D eigenvalue weighted by Crippen LogP contribution is 2.22. The second-order valence-electron chi connectivity index (χ2n) is 4.44. The van der Waals surface area contributed by atoms with Gasteiger partial charge in [0.2, 0.25) is 0 Å². The Hall–Kier alpha value is -0.780. The number of carbonyl (C=O) groups is 1. The van der Waals surface area contributed by atoms with Crippen LogP contribution in [0.5, 0.6) is 0 Å². The van der Waals surface area contributed by atoms with E-state index in [1.165, 1.54) is 11.3 Å². The van der Waals surface area contributed by atoms with Crippen LogP contribution in [0, 0.1) is 0 Å². The van der Waals surface area contributed by atoms with Crippen molar-refractivity contribution in [2.45, 2.75) is 39.3 Å². The summed E-state index contributed by atoms with van der Waals surface area (Å²) in [4.78, 5) is 14.9. The van der Waals surface area contributed by atoms with Crippen LogP contribution < -0.4 is 5.32 Å². The molecule has 0 aromatic carbocycles. The van der Waals surface area contributed by atoms with Gasteiger partial charge in [-0.1, -0.05) is 11.6 Å². The predicted octanol–water partition coefficient (Wildman–Crippen LogP) is 3.09. The zero-order valence-corrected chi connectivity index (χ0v) is 12.9. The molecule has 1 heterocycles. The Morgan fingerprint density at radius 3 is 2.84 bits per heavy atom. The average Bonchev–Trinajstić information content (AvgIpc) is 2.78. The number of halogens is 1. The highest BCUT2D eigenvalue weighted by molar-refractivity contribution is 7.16. The number of hydrogen-bond acceptors (Lipinski definition) is 3. The van der Waals surface area contributed by atoms with Crippen molar-refractivity contribution in [1.82, 2.24) is 10.2 Å². The lowest BCUT2D eigenvalue weighted by atomic mass is 10.2. The minimum absolute atomic E-state index is 0.0700. The van der Waals surface area contributed by atoms with Crippen molar-refractivity contribution in [2.24, 2.45) is 0 Å². The molecule has 0 aliphatic rings. The summed E-state index contributed by atoms with van der Waals surface area (Å²) < 4.78 is 0.739. The molecule has 0 aliphatic heterocycles. The fraction of sp³-hybridized carbons (Fsp3) is 0.615. The topological polar surface area (TPSA) is 52.6 Å². The van der Waals surface area contributed by atoms with Gasteiger partial charge in [0.15, 0.2) is 0 Å². The lowest BCUT2D eigenvalue weighted by molar-refractivity contribution is 0.193. The number of hydrogen-bond donors (Lipinski definition) is 2. The Morgan fingerprint density at radius 1 is 1.58 bits per heavy atom. The summed E-state index contributed by atoms with van der Waals surface area (Å²) >= 11 is 7.38. The van der Waals surface area contributed by atoms with Gasteiger partial charge in [0, 0.05) is 24.1 Å². The Morgan fingerprint density at radius 2 is 2.32 bits per heavy atom. The molecule has 0 radical (unpaired) electrons. The highest BCUT2D eigenvalue weighted by Gasteiger charge is 2.15. The van der Waals surface area contributed by atoms with Crippen molar-refractivity contribution < 1.29 is 9.90 Å². The van der Waals surface area contributed by atoms with E-state index in [1.807, 2.05) is 26.0 Å². The number of thiophene rings is 1. The molecule has 0 spiro atoms. The summed E-state index contributed by atoms with van der Waals surface area (Å²) in [7, 11) is 0. The molecule has 2 N–H and O–H groups in total. The SMILES string of the molecule is CCN(Cc1ccc(Cl)s1)C(=O)NC(C)CCCO. The zero-order valence-electron chi connectivity index (χ0n) is 11.4. The van der Waals surface area contributed by atoms with Crippen LogP contribution in [0.15, 0.2) is 12.1 Å². The molecule has 1 aromatic rings. The Bertz CT molecular complexity index is 398. The number of urea groups is 1. The smallest absolute Gasteiger partial charge is 0.317 e. The molecule has 0 saturated carbocycles. The Labute approximate surface area is 123 Å². The molecule has 0 bridgehead atoms. The maximum absolute atomic E-state index is 12.1. The van der Waals surface area contributed by atoms with Gasteiger partial charge in [0.25, 0.3) is 0 Å². The van der Waals surface area contributed by atoms with Crippen LogP contribution in [0.1, 0.15) is 31.6 Å². The standard InChI is InChI=1S/C13H21ClN2O2S/c1-3-16(9-11-6-7-12(14)19-11)13(18)15-10(2)5-4-8-17/h6-7,10,17H,3-5,8-9H2,1-2H3,(H,15,18). The van der Waals surface area contributed by atoms with Crippen LogP contribution in [0.4, 0.5) is 4.79 Å². The summed E-state index contributed by atoms with van der Waals surface area (Å²) in [6.07, 6.45) is 1.48. The zero-order chi connectivity index (χ0) is 14.3. The molecule has 108 valence electrons. The number of aliphatic hydroxyl groups is 1. The normalized spacial score (nSPS) is 12.2. The van der Waals surface area contributed by atoms with Gasteiger partial charge >= 0.3 is 6.03 Å². The molecule has 19 heavy (non-hydrogen) atoms. The molecular weight excluding hydrogens is 284 g/mol. The predicted molar refractivity (Wildman–Crippen MR) is 79.7 cm³/mol. The maximum Gasteiger partial charge on any atom is 0.317 e. The molecule has 1 rings (SSSR count). The third-order valence-corrected chi connectivity index (χ3v) is 4.03. The highest BCUT2D eigenvalue weighted by atomic mass is 35.5. The number of aliphatic hydroxyl groups excluding tert-OH is 1. The number of carbonyl (C=O) groups excluding carboxylic acids is 1. The summed E-state index contributed by atoms with van der Waals surface area (Å²) in [5.74, 6) is 0. The first-order valence-corrected chi connectivity index (χ1v) is 7.66. The van der Waals surface area contributed by atoms with Crippen LogP contribution >= 0.6 is 22.9 Å². The lowest BCUT2D eigenvalue weighted by Gasteiger charge is -2.23. The van der Waals surface area contributed by atoms with E-state index in [2.05, 4.69) is 5.32 Å². The molecule has 1 atom stereocenters. The third-order valence-electron chi connectivity index (χ3n) is 2.81. The summed E-state index contributed by atoms with van der Waals surface area (Å²) in [6.45, 7) is 5.28. The van der Waals surface area contributed by atoms with Crippen molar-refractivity contribution in [2.75, 3.05) is 13.2 Å². The van der Waals surface area contributed by atoms with E-state index in [9.17, 15) is 4.79 Å². The van der Waals surface area contributed by atoms with Crippen LogP contribution in [-0.2, 0) is 6.54 Å². The average molecular weight is 305 g/mol. The third kappa shape index (κ3) is 5.80. The van der Waals surface area contributed by atoms with Crippen molar-refractivity contribution in [3.05, 3.63) is 21.3 Å². The van der Waals surface area contributed by atoms with E-state index in [-0.39, 0.29) is 18.7 Å².